The quantitative estimate of drug-likeness (QED) is 0.854. The fraction of sp³-hybridized carbons (Fsp3) is 0.385. The number of nitrogens with one attached hydrogen (secondary N) is 1. The highest BCUT2D eigenvalue weighted by Crippen LogP contribution is 2.25. The van der Waals surface area contributed by atoms with Crippen molar-refractivity contribution < 1.29 is 4.79 Å². The van der Waals surface area contributed by atoms with Gasteiger partial charge in [-0.25, -0.2) is 4.79 Å². The molecule has 1 aliphatic rings. The number of hydrogen-bond donors (Lipinski definition) is 1. The summed E-state index contributed by atoms with van der Waals surface area (Å²) in [4.78, 5) is 15.8. The van der Waals surface area contributed by atoms with Gasteiger partial charge in [0, 0.05) is 31.9 Å². The molecule has 2 rings (SSSR count). The van der Waals surface area contributed by atoms with Crippen molar-refractivity contribution >= 4 is 34.9 Å². The van der Waals surface area contributed by atoms with E-state index in [1.807, 2.05) is 4.90 Å². The Hall–Kier alpha value is -1.48. The predicted molar refractivity (Wildman–Crippen MR) is 79.1 cm³/mol. The molecular formula is C13H14Cl2N4O. The summed E-state index contributed by atoms with van der Waals surface area (Å²) in [6.45, 7) is 3.04. The summed E-state index contributed by atoms with van der Waals surface area (Å²) in [5.74, 6) is 0. The van der Waals surface area contributed by atoms with E-state index in [0.717, 1.165) is 0 Å². The molecule has 0 unspecified atom stereocenters. The van der Waals surface area contributed by atoms with Crippen molar-refractivity contribution in [1.29, 1.82) is 5.26 Å². The van der Waals surface area contributed by atoms with Crippen LogP contribution in [0.2, 0.25) is 10.0 Å². The predicted octanol–water partition coefficient (Wildman–Crippen LogP) is 2.67. The highest BCUT2D eigenvalue weighted by atomic mass is 35.5. The fourth-order valence-corrected chi connectivity index (χ4v) is 2.28. The number of rotatable bonds is 2. The van der Waals surface area contributed by atoms with Crippen LogP contribution in [0.5, 0.6) is 0 Å². The molecule has 0 spiro atoms. The fourth-order valence-electron chi connectivity index (χ4n) is 1.99. The Morgan fingerprint density at radius 2 is 1.95 bits per heavy atom. The van der Waals surface area contributed by atoms with Crippen LogP contribution in [0.4, 0.5) is 10.5 Å². The number of carbonyl (C=O) groups excluding carboxylic acids is 1. The molecule has 1 heterocycles. The highest BCUT2D eigenvalue weighted by molar-refractivity contribution is 6.42. The van der Waals surface area contributed by atoms with Gasteiger partial charge in [-0.1, -0.05) is 23.2 Å². The molecular weight excluding hydrogens is 299 g/mol. The van der Waals surface area contributed by atoms with Gasteiger partial charge in [-0.3, -0.25) is 4.90 Å². The molecule has 1 aromatic rings. The SMILES string of the molecule is N#CCN1CCN(C(=O)Nc2ccc(Cl)c(Cl)c2)CC1. The summed E-state index contributed by atoms with van der Waals surface area (Å²) in [7, 11) is 0. The molecule has 0 atom stereocenters. The minimum absolute atomic E-state index is 0.167. The van der Waals surface area contributed by atoms with Gasteiger partial charge in [-0.15, -0.1) is 0 Å². The van der Waals surface area contributed by atoms with Crippen molar-refractivity contribution in [3.05, 3.63) is 28.2 Å². The van der Waals surface area contributed by atoms with Gasteiger partial charge in [-0.05, 0) is 18.2 Å². The van der Waals surface area contributed by atoms with Gasteiger partial charge in [0.1, 0.15) is 0 Å². The largest absolute Gasteiger partial charge is 0.322 e. The van der Waals surface area contributed by atoms with Crippen LogP contribution in [0.3, 0.4) is 0 Å². The Kier molecular flexibility index (Phi) is 5.07. The van der Waals surface area contributed by atoms with E-state index in [4.69, 9.17) is 28.5 Å². The van der Waals surface area contributed by atoms with Crippen molar-refractivity contribution in [2.24, 2.45) is 0 Å². The molecule has 0 aromatic heterocycles. The Balaban J connectivity index is 1.89. The molecule has 0 saturated carbocycles. The molecule has 1 fully saturated rings. The second-order valence-electron chi connectivity index (χ2n) is 4.48. The molecule has 1 saturated heterocycles. The first-order valence-corrected chi connectivity index (χ1v) is 6.96. The van der Waals surface area contributed by atoms with E-state index < -0.39 is 0 Å². The van der Waals surface area contributed by atoms with Crippen LogP contribution in [0.15, 0.2) is 18.2 Å². The zero-order valence-electron chi connectivity index (χ0n) is 10.8. The Morgan fingerprint density at radius 3 is 2.55 bits per heavy atom. The molecule has 1 aromatic carbocycles. The number of hydrogen-bond acceptors (Lipinski definition) is 3. The van der Waals surface area contributed by atoms with E-state index in [-0.39, 0.29) is 6.03 Å². The van der Waals surface area contributed by atoms with Crippen LogP contribution >= 0.6 is 23.2 Å². The molecule has 1 N–H and O–H groups in total. The lowest BCUT2D eigenvalue weighted by molar-refractivity contribution is 0.156. The maximum atomic E-state index is 12.1. The average Bonchev–Trinajstić information content (AvgIpc) is 2.44. The van der Waals surface area contributed by atoms with Crippen molar-refractivity contribution in [2.45, 2.75) is 0 Å². The number of amides is 2. The number of anilines is 1. The Bertz CT molecular complexity index is 536. The number of urea groups is 1. The van der Waals surface area contributed by atoms with Crippen molar-refractivity contribution in [1.82, 2.24) is 9.80 Å². The lowest BCUT2D eigenvalue weighted by atomic mass is 10.3. The summed E-state index contributed by atoms with van der Waals surface area (Å²) in [5, 5.41) is 12.3. The third-order valence-corrected chi connectivity index (χ3v) is 3.86. The monoisotopic (exact) mass is 312 g/mol. The third kappa shape index (κ3) is 3.76. The molecule has 0 aliphatic carbocycles. The topological polar surface area (TPSA) is 59.4 Å². The van der Waals surface area contributed by atoms with Gasteiger partial charge in [0.05, 0.1) is 22.7 Å². The molecule has 106 valence electrons. The zero-order valence-corrected chi connectivity index (χ0v) is 12.3. The standard InChI is InChI=1S/C13H14Cl2N4O/c14-11-2-1-10(9-12(11)15)17-13(20)19-7-5-18(4-3-16)6-8-19/h1-2,9H,4-8H2,(H,17,20). The normalized spacial score (nSPS) is 15.8. The lowest BCUT2D eigenvalue weighted by Gasteiger charge is -2.33. The molecule has 0 bridgehead atoms. The van der Waals surface area contributed by atoms with Crippen LogP contribution in [0, 0.1) is 11.3 Å². The number of carbonyl (C=O) groups is 1. The van der Waals surface area contributed by atoms with Crippen LogP contribution in [0.1, 0.15) is 0 Å². The maximum Gasteiger partial charge on any atom is 0.321 e. The lowest BCUT2D eigenvalue weighted by Crippen LogP contribution is -2.50. The minimum Gasteiger partial charge on any atom is -0.322 e. The molecule has 0 radical (unpaired) electrons. The van der Waals surface area contributed by atoms with Crippen LogP contribution in [-0.4, -0.2) is 48.6 Å². The summed E-state index contributed by atoms with van der Waals surface area (Å²) in [6.07, 6.45) is 0. The number of halogens is 2. The number of nitriles is 1. The van der Waals surface area contributed by atoms with E-state index in [1.165, 1.54) is 0 Å². The van der Waals surface area contributed by atoms with Crippen molar-refractivity contribution in [3.8, 4) is 6.07 Å². The second-order valence-corrected chi connectivity index (χ2v) is 5.29. The van der Waals surface area contributed by atoms with Crippen LogP contribution < -0.4 is 5.32 Å². The van der Waals surface area contributed by atoms with Crippen LogP contribution in [0.25, 0.3) is 0 Å². The Morgan fingerprint density at radius 1 is 1.25 bits per heavy atom. The van der Waals surface area contributed by atoms with Crippen molar-refractivity contribution in [2.75, 3.05) is 38.0 Å². The van der Waals surface area contributed by atoms with Gasteiger partial charge < -0.3 is 10.2 Å². The maximum absolute atomic E-state index is 12.1. The summed E-state index contributed by atoms with van der Waals surface area (Å²) in [5.41, 5.74) is 0.615. The first kappa shape index (κ1) is 14.9. The number of piperazine rings is 1. The number of nitrogens with zero attached hydrogens (tertiary/aromatic N) is 3. The second kappa shape index (κ2) is 6.80. The van der Waals surface area contributed by atoms with E-state index in [9.17, 15) is 4.79 Å². The molecule has 5 nitrogen and oxygen atoms in total. The highest BCUT2D eigenvalue weighted by Gasteiger charge is 2.20. The molecule has 20 heavy (non-hydrogen) atoms. The van der Waals surface area contributed by atoms with Gasteiger partial charge in [-0.2, -0.15) is 5.26 Å². The zero-order chi connectivity index (χ0) is 14.5. The van der Waals surface area contributed by atoms with Crippen LogP contribution in [-0.2, 0) is 0 Å². The van der Waals surface area contributed by atoms with Gasteiger partial charge in [0.15, 0.2) is 0 Å². The number of benzene rings is 1. The summed E-state index contributed by atoms with van der Waals surface area (Å²) >= 11 is 11.7. The van der Waals surface area contributed by atoms with E-state index in [2.05, 4.69) is 11.4 Å². The molecule has 1 aliphatic heterocycles. The van der Waals surface area contributed by atoms with Crippen molar-refractivity contribution in [3.63, 3.8) is 0 Å². The van der Waals surface area contributed by atoms with E-state index >= 15 is 0 Å². The summed E-state index contributed by atoms with van der Waals surface area (Å²) in [6, 6.07) is 6.91. The Labute approximate surface area is 127 Å². The first-order chi connectivity index (χ1) is 9.60. The van der Waals surface area contributed by atoms with E-state index in [0.29, 0.717) is 48.5 Å². The van der Waals surface area contributed by atoms with E-state index in [1.54, 1.807) is 23.1 Å². The third-order valence-electron chi connectivity index (χ3n) is 3.12. The minimum atomic E-state index is -0.167. The summed E-state index contributed by atoms with van der Waals surface area (Å²) < 4.78 is 0. The molecule has 2 amide bonds. The average molecular weight is 313 g/mol. The molecule has 7 heteroatoms. The van der Waals surface area contributed by atoms with Gasteiger partial charge in [0.2, 0.25) is 0 Å². The van der Waals surface area contributed by atoms with Gasteiger partial charge >= 0.3 is 6.03 Å². The van der Waals surface area contributed by atoms with Gasteiger partial charge in [0.25, 0.3) is 0 Å². The first-order valence-electron chi connectivity index (χ1n) is 6.20. The smallest absolute Gasteiger partial charge is 0.321 e.